The molecule has 1 aromatic rings. The first-order valence-electron chi connectivity index (χ1n) is 9.07. The first-order valence-corrected chi connectivity index (χ1v) is 9.07. The van der Waals surface area contributed by atoms with Crippen LogP contribution in [-0.4, -0.2) is 35.0 Å². The van der Waals surface area contributed by atoms with Crippen LogP contribution in [0.25, 0.3) is 0 Å². The van der Waals surface area contributed by atoms with E-state index in [0.29, 0.717) is 18.7 Å². The lowest BCUT2D eigenvalue weighted by atomic mass is 9.94. The molecular weight excluding hydrogens is 340 g/mol. The Bertz CT molecular complexity index is 760. The van der Waals surface area contributed by atoms with E-state index in [1.807, 2.05) is 51.1 Å². The van der Waals surface area contributed by atoms with E-state index >= 15 is 0 Å². The summed E-state index contributed by atoms with van der Waals surface area (Å²) >= 11 is 0. The maximum atomic E-state index is 12.7. The van der Waals surface area contributed by atoms with E-state index in [2.05, 4.69) is 16.9 Å². The Hall–Kier alpha value is -2.89. The number of allylic oxidation sites excluding steroid dienone is 1. The molecule has 6 heteroatoms. The summed E-state index contributed by atoms with van der Waals surface area (Å²) < 4.78 is 0. The van der Waals surface area contributed by atoms with Gasteiger partial charge in [0.25, 0.3) is 0 Å². The fraction of sp³-hybridized carbons (Fsp3) is 0.381. The van der Waals surface area contributed by atoms with Gasteiger partial charge < -0.3 is 16.0 Å². The number of hydrogen-bond acceptors (Lipinski definition) is 4. The first-order chi connectivity index (χ1) is 12.7. The highest BCUT2D eigenvalue weighted by atomic mass is 16.2. The molecule has 2 rings (SSSR count). The van der Waals surface area contributed by atoms with Gasteiger partial charge in [-0.05, 0) is 25.1 Å². The van der Waals surface area contributed by atoms with Crippen molar-refractivity contribution in [2.24, 2.45) is 16.1 Å². The van der Waals surface area contributed by atoms with Gasteiger partial charge in [-0.25, -0.2) is 4.99 Å². The van der Waals surface area contributed by atoms with Gasteiger partial charge in [-0.15, -0.1) is 0 Å². The molecule has 0 aromatic heterocycles. The van der Waals surface area contributed by atoms with E-state index in [4.69, 9.17) is 5.73 Å². The summed E-state index contributed by atoms with van der Waals surface area (Å²) in [6, 6.07) is 9.00. The number of benzene rings is 1. The molecule has 1 aliphatic rings. The van der Waals surface area contributed by atoms with Crippen molar-refractivity contribution in [1.29, 1.82) is 0 Å². The summed E-state index contributed by atoms with van der Waals surface area (Å²) in [6.45, 7) is 10.0. The molecule has 1 fully saturated rings. The van der Waals surface area contributed by atoms with Gasteiger partial charge >= 0.3 is 0 Å². The van der Waals surface area contributed by atoms with Crippen LogP contribution in [0, 0.1) is 5.41 Å². The molecule has 0 saturated carbocycles. The third-order valence-corrected chi connectivity index (χ3v) is 4.30. The standard InChI is InChI=1S/C21H28N4O2/c1-15(23-17(12-13-22)16-9-6-5-7-10-16)24-19(26)18-11-8-14-25(18)20(27)21(2,3)4/h5-7,9-10,12-13,18H,1,8,11,14,22H2,2-4H3,(H,24,26)/b13-12-,23-17?/t18-/m0/s1. The Morgan fingerprint density at radius 3 is 2.56 bits per heavy atom. The first kappa shape index (κ1) is 20.4. The normalized spacial score (nSPS) is 18.0. The molecule has 1 aliphatic heterocycles. The molecule has 0 unspecified atom stereocenters. The zero-order valence-electron chi connectivity index (χ0n) is 16.2. The summed E-state index contributed by atoms with van der Waals surface area (Å²) in [5.74, 6) is -0.0692. The van der Waals surface area contributed by atoms with Gasteiger partial charge in [0, 0.05) is 17.5 Å². The van der Waals surface area contributed by atoms with Crippen LogP contribution in [0.5, 0.6) is 0 Å². The molecule has 6 nitrogen and oxygen atoms in total. The van der Waals surface area contributed by atoms with Crippen LogP contribution in [0.2, 0.25) is 0 Å². The van der Waals surface area contributed by atoms with E-state index < -0.39 is 11.5 Å². The van der Waals surface area contributed by atoms with Gasteiger partial charge in [-0.2, -0.15) is 0 Å². The molecule has 27 heavy (non-hydrogen) atoms. The summed E-state index contributed by atoms with van der Waals surface area (Å²) in [5.41, 5.74) is 6.45. The van der Waals surface area contributed by atoms with Crippen LogP contribution in [-0.2, 0) is 9.59 Å². The molecule has 1 saturated heterocycles. The van der Waals surface area contributed by atoms with Crippen LogP contribution in [0.15, 0.2) is 60.0 Å². The second-order valence-corrected chi connectivity index (χ2v) is 7.56. The molecule has 0 spiro atoms. The highest BCUT2D eigenvalue weighted by Crippen LogP contribution is 2.25. The monoisotopic (exact) mass is 368 g/mol. The number of hydrogen-bond donors (Lipinski definition) is 2. The molecule has 1 atom stereocenters. The van der Waals surface area contributed by atoms with Crippen molar-refractivity contribution in [3.05, 3.63) is 60.6 Å². The summed E-state index contributed by atoms with van der Waals surface area (Å²) in [6.07, 6.45) is 4.49. The van der Waals surface area contributed by atoms with E-state index in [-0.39, 0.29) is 17.6 Å². The predicted molar refractivity (Wildman–Crippen MR) is 108 cm³/mol. The maximum Gasteiger partial charge on any atom is 0.248 e. The van der Waals surface area contributed by atoms with Gasteiger partial charge in [-0.3, -0.25) is 9.59 Å². The molecule has 3 N–H and O–H groups in total. The Kier molecular flexibility index (Phi) is 6.55. The Labute approximate surface area is 160 Å². The summed E-state index contributed by atoms with van der Waals surface area (Å²) in [5, 5.41) is 2.73. The fourth-order valence-electron chi connectivity index (χ4n) is 3.01. The number of aliphatic imine (C=N–C) groups is 1. The van der Waals surface area contributed by atoms with Gasteiger partial charge in [0.05, 0.1) is 5.71 Å². The highest BCUT2D eigenvalue weighted by Gasteiger charge is 2.38. The molecule has 1 aromatic carbocycles. The van der Waals surface area contributed by atoms with E-state index in [1.165, 1.54) is 6.20 Å². The lowest BCUT2D eigenvalue weighted by Crippen LogP contribution is -2.49. The number of amides is 2. The van der Waals surface area contributed by atoms with Crippen molar-refractivity contribution >= 4 is 17.5 Å². The number of rotatable bonds is 5. The number of carbonyl (C=O) groups excluding carboxylic acids is 2. The highest BCUT2D eigenvalue weighted by molar-refractivity contribution is 6.09. The van der Waals surface area contributed by atoms with Crippen molar-refractivity contribution in [3.63, 3.8) is 0 Å². The topological polar surface area (TPSA) is 87.8 Å². The predicted octanol–water partition coefficient (Wildman–Crippen LogP) is 2.57. The van der Waals surface area contributed by atoms with E-state index in [0.717, 1.165) is 12.0 Å². The van der Waals surface area contributed by atoms with Crippen molar-refractivity contribution in [2.45, 2.75) is 39.7 Å². The number of nitrogens with one attached hydrogen (secondary N) is 1. The van der Waals surface area contributed by atoms with Crippen molar-refractivity contribution in [2.75, 3.05) is 6.54 Å². The summed E-state index contributed by atoms with van der Waals surface area (Å²) in [4.78, 5) is 31.3. The zero-order valence-corrected chi connectivity index (χ0v) is 16.2. The minimum atomic E-state index is -0.523. The van der Waals surface area contributed by atoms with Gasteiger partial charge in [-0.1, -0.05) is 57.7 Å². The maximum absolute atomic E-state index is 12.7. The minimum Gasteiger partial charge on any atom is -0.405 e. The molecule has 0 radical (unpaired) electrons. The fourth-order valence-corrected chi connectivity index (χ4v) is 3.01. The lowest BCUT2D eigenvalue weighted by molar-refractivity contribution is -0.144. The summed E-state index contributed by atoms with van der Waals surface area (Å²) in [7, 11) is 0. The van der Waals surface area contributed by atoms with E-state index in [9.17, 15) is 9.59 Å². The molecular formula is C21H28N4O2. The van der Waals surface area contributed by atoms with Gasteiger partial charge in [0.2, 0.25) is 11.8 Å². The molecule has 2 amide bonds. The third kappa shape index (κ3) is 5.29. The zero-order chi connectivity index (χ0) is 20.0. The molecule has 0 bridgehead atoms. The van der Waals surface area contributed by atoms with Crippen molar-refractivity contribution < 1.29 is 9.59 Å². The van der Waals surface area contributed by atoms with Crippen LogP contribution < -0.4 is 11.1 Å². The van der Waals surface area contributed by atoms with Crippen LogP contribution >= 0.6 is 0 Å². The average molecular weight is 368 g/mol. The smallest absolute Gasteiger partial charge is 0.248 e. The van der Waals surface area contributed by atoms with Crippen LogP contribution in [0.3, 0.4) is 0 Å². The number of carbonyl (C=O) groups is 2. The number of likely N-dealkylation sites (tertiary alicyclic amines) is 1. The van der Waals surface area contributed by atoms with Crippen LogP contribution in [0.4, 0.5) is 0 Å². The minimum absolute atomic E-state index is 0.0229. The van der Waals surface area contributed by atoms with Crippen molar-refractivity contribution in [3.8, 4) is 0 Å². The lowest BCUT2D eigenvalue weighted by Gasteiger charge is -2.30. The van der Waals surface area contributed by atoms with Gasteiger partial charge in [0.1, 0.15) is 11.9 Å². The molecule has 1 heterocycles. The van der Waals surface area contributed by atoms with E-state index in [1.54, 1.807) is 11.0 Å². The molecule has 144 valence electrons. The van der Waals surface area contributed by atoms with Crippen molar-refractivity contribution in [1.82, 2.24) is 10.2 Å². The Morgan fingerprint density at radius 2 is 1.96 bits per heavy atom. The Morgan fingerprint density at radius 1 is 1.30 bits per heavy atom. The van der Waals surface area contributed by atoms with Crippen LogP contribution in [0.1, 0.15) is 39.2 Å². The Balaban J connectivity index is 2.12. The second kappa shape index (κ2) is 8.66. The number of nitrogens with two attached hydrogens (primary N) is 1. The SMILES string of the molecule is C=C(N=C(/C=C\N)c1ccccc1)NC(=O)[C@@H]1CCCN1C(=O)C(C)(C)C. The second-order valence-electron chi connectivity index (χ2n) is 7.56. The number of nitrogens with zero attached hydrogens (tertiary/aromatic N) is 2. The van der Waals surface area contributed by atoms with Gasteiger partial charge in [0.15, 0.2) is 0 Å². The third-order valence-electron chi connectivity index (χ3n) is 4.30. The largest absolute Gasteiger partial charge is 0.405 e. The molecule has 0 aliphatic carbocycles. The quantitative estimate of drug-likeness (QED) is 0.783. The average Bonchev–Trinajstić information content (AvgIpc) is 3.10.